The molecule has 0 radical (unpaired) electrons. The standard InChI is InChI=1S/C20H16FNOS/c21-16-11-13-17(14-12-16)22-20(23)19(15-7-3-1-4-8-15)24-18-9-5-2-6-10-18/h1-14,19H,(H,22,23). The highest BCUT2D eigenvalue weighted by molar-refractivity contribution is 8.00. The van der Waals surface area contributed by atoms with Crippen LogP contribution in [-0.2, 0) is 4.79 Å². The highest BCUT2D eigenvalue weighted by Gasteiger charge is 2.22. The van der Waals surface area contributed by atoms with Gasteiger partial charge in [-0.15, -0.1) is 11.8 Å². The molecule has 0 heterocycles. The van der Waals surface area contributed by atoms with Crippen molar-refractivity contribution in [3.05, 3.63) is 96.3 Å². The lowest BCUT2D eigenvalue weighted by molar-refractivity contribution is -0.115. The van der Waals surface area contributed by atoms with E-state index >= 15 is 0 Å². The van der Waals surface area contributed by atoms with Gasteiger partial charge in [0.05, 0.1) is 0 Å². The summed E-state index contributed by atoms with van der Waals surface area (Å²) in [4.78, 5) is 13.8. The average Bonchev–Trinajstić information content (AvgIpc) is 2.63. The summed E-state index contributed by atoms with van der Waals surface area (Å²) < 4.78 is 13.0. The third kappa shape index (κ3) is 4.24. The SMILES string of the molecule is O=C(Nc1ccc(F)cc1)C(Sc1ccccc1)c1ccccc1. The molecule has 24 heavy (non-hydrogen) atoms. The Morgan fingerprint density at radius 3 is 2.04 bits per heavy atom. The number of hydrogen-bond donors (Lipinski definition) is 1. The second kappa shape index (κ2) is 7.79. The molecule has 1 amide bonds. The summed E-state index contributed by atoms with van der Waals surface area (Å²) in [5.41, 5.74) is 1.50. The van der Waals surface area contributed by atoms with Gasteiger partial charge in [-0.05, 0) is 42.0 Å². The van der Waals surface area contributed by atoms with Gasteiger partial charge in [-0.1, -0.05) is 48.5 Å². The quantitative estimate of drug-likeness (QED) is 0.640. The molecule has 0 spiro atoms. The van der Waals surface area contributed by atoms with Crippen LogP contribution in [0.4, 0.5) is 10.1 Å². The molecule has 1 N–H and O–H groups in total. The first kappa shape index (κ1) is 16.3. The molecule has 0 saturated carbocycles. The van der Waals surface area contributed by atoms with Gasteiger partial charge in [-0.2, -0.15) is 0 Å². The Labute approximate surface area is 144 Å². The third-order valence-corrected chi connectivity index (χ3v) is 4.72. The molecule has 0 bridgehead atoms. The molecule has 0 aliphatic rings. The van der Waals surface area contributed by atoms with E-state index in [0.29, 0.717) is 5.69 Å². The molecule has 1 unspecified atom stereocenters. The van der Waals surface area contributed by atoms with Gasteiger partial charge in [0.15, 0.2) is 0 Å². The van der Waals surface area contributed by atoms with E-state index in [4.69, 9.17) is 0 Å². The molecule has 0 fully saturated rings. The number of halogens is 1. The summed E-state index contributed by atoms with van der Waals surface area (Å²) in [6.07, 6.45) is 0. The van der Waals surface area contributed by atoms with Crippen LogP contribution < -0.4 is 5.32 Å². The molecule has 120 valence electrons. The van der Waals surface area contributed by atoms with Crippen molar-refractivity contribution in [3.63, 3.8) is 0 Å². The van der Waals surface area contributed by atoms with E-state index in [1.54, 1.807) is 12.1 Å². The Hall–Kier alpha value is -2.59. The van der Waals surface area contributed by atoms with Gasteiger partial charge in [0.25, 0.3) is 0 Å². The molecule has 3 rings (SSSR count). The lowest BCUT2D eigenvalue weighted by Gasteiger charge is -2.17. The maximum Gasteiger partial charge on any atom is 0.242 e. The number of amides is 1. The van der Waals surface area contributed by atoms with Crippen molar-refractivity contribution in [1.82, 2.24) is 0 Å². The summed E-state index contributed by atoms with van der Waals surface area (Å²) in [5, 5.41) is 2.47. The van der Waals surface area contributed by atoms with Crippen molar-refractivity contribution in [2.45, 2.75) is 10.1 Å². The van der Waals surface area contributed by atoms with Gasteiger partial charge in [0.1, 0.15) is 11.1 Å². The Morgan fingerprint density at radius 2 is 1.42 bits per heavy atom. The Balaban J connectivity index is 1.83. The van der Waals surface area contributed by atoms with Crippen molar-refractivity contribution in [2.75, 3.05) is 5.32 Å². The highest BCUT2D eigenvalue weighted by atomic mass is 32.2. The number of anilines is 1. The summed E-state index contributed by atoms with van der Waals surface area (Å²) in [6.45, 7) is 0. The van der Waals surface area contributed by atoms with Gasteiger partial charge >= 0.3 is 0 Å². The summed E-state index contributed by atoms with van der Waals surface area (Å²) in [5.74, 6) is -0.465. The Kier molecular flexibility index (Phi) is 5.29. The first-order chi connectivity index (χ1) is 11.7. The fourth-order valence-corrected chi connectivity index (χ4v) is 3.32. The van der Waals surface area contributed by atoms with Crippen LogP contribution >= 0.6 is 11.8 Å². The predicted octanol–water partition coefficient (Wildman–Crippen LogP) is 5.30. The van der Waals surface area contributed by atoms with E-state index in [0.717, 1.165) is 10.5 Å². The lowest BCUT2D eigenvalue weighted by Crippen LogP contribution is -2.19. The number of carbonyl (C=O) groups excluding carboxylic acids is 1. The minimum atomic E-state index is -0.390. The van der Waals surface area contributed by atoms with Gasteiger partial charge in [-0.3, -0.25) is 4.79 Å². The number of nitrogens with one attached hydrogen (secondary N) is 1. The first-order valence-corrected chi connectivity index (χ1v) is 8.43. The lowest BCUT2D eigenvalue weighted by atomic mass is 10.1. The largest absolute Gasteiger partial charge is 0.325 e. The molecule has 0 aliphatic heterocycles. The average molecular weight is 337 g/mol. The van der Waals surface area contributed by atoms with E-state index in [9.17, 15) is 9.18 Å². The first-order valence-electron chi connectivity index (χ1n) is 7.55. The summed E-state index contributed by atoms with van der Waals surface area (Å²) in [6, 6.07) is 25.2. The maximum absolute atomic E-state index is 13.0. The predicted molar refractivity (Wildman–Crippen MR) is 96.5 cm³/mol. The monoisotopic (exact) mass is 337 g/mol. The molecule has 1 atom stereocenters. The summed E-state index contributed by atoms with van der Waals surface area (Å²) in [7, 11) is 0. The molecule has 2 nitrogen and oxygen atoms in total. The van der Waals surface area contributed by atoms with E-state index in [1.807, 2.05) is 60.7 Å². The zero-order valence-electron chi connectivity index (χ0n) is 12.9. The third-order valence-electron chi connectivity index (χ3n) is 3.45. The second-order valence-electron chi connectivity index (χ2n) is 5.22. The number of carbonyl (C=O) groups is 1. The number of rotatable bonds is 5. The van der Waals surface area contributed by atoms with Crippen LogP contribution in [0.2, 0.25) is 0 Å². The number of hydrogen-bond acceptors (Lipinski definition) is 2. The van der Waals surface area contributed by atoms with Crippen molar-refractivity contribution in [2.24, 2.45) is 0 Å². The topological polar surface area (TPSA) is 29.1 Å². The van der Waals surface area contributed by atoms with E-state index in [2.05, 4.69) is 5.32 Å². The van der Waals surface area contributed by atoms with Gasteiger partial charge in [0, 0.05) is 10.6 Å². The Bertz CT molecular complexity index is 791. The van der Waals surface area contributed by atoms with E-state index in [-0.39, 0.29) is 11.7 Å². The second-order valence-corrected chi connectivity index (χ2v) is 6.40. The van der Waals surface area contributed by atoms with Crippen LogP contribution in [0.15, 0.2) is 89.8 Å². The minimum absolute atomic E-state index is 0.137. The maximum atomic E-state index is 13.0. The van der Waals surface area contributed by atoms with Gasteiger partial charge in [0.2, 0.25) is 5.91 Å². The number of thioether (sulfide) groups is 1. The van der Waals surface area contributed by atoms with Crippen molar-refractivity contribution < 1.29 is 9.18 Å². The van der Waals surface area contributed by atoms with Gasteiger partial charge in [-0.25, -0.2) is 4.39 Å². The van der Waals surface area contributed by atoms with Crippen molar-refractivity contribution in [1.29, 1.82) is 0 Å². The van der Waals surface area contributed by atoms with Crippen LogP contribution in [-0.4, -0.2) is 5.91 Å². The van der Waals surface area contributed by atoms with Crippen molar-refractivity contribution in [3.8, 4) is 0 Å². The zero-order valence-corrected chi connectivity index (χ0v) is 13.7. The molecule has 0 aromatic heterocycles. The van der Waals surface area contributed by atoms with Crippen LogP contribution in [0.5, 0.6) is 0 Å². The van der Waals surface area contributed by atoms with Crippen molar-refractivity contribution >= 4 is 23.4 Å². The van der Waals surface area contributed by atoms with Crippen LogP contribution in [0.3, 0.4) is 0 Å². The van der Waals surface area contributed by atoms with Gasteiger partial charge < -0.3 is 5.32 Å². The molecule has 0 aliphatic carbocycles. The van der Waals surface area contributed by atoms with E-state index in [1.165, 1.54) is 23.9 Å². The molecular formula is C20H16FNOS. The fraction of sp³-hybridized carbons (Fsp3) is 0.0500. The molecule has 0 saturated heterocycles. The normalized spacial score (nSPS) is 11.7. The minimum Gasteiger partial charge on any atom is -0.325 e. The highest BCUT2D eigenvalue weighted by Crippen LogP contribution is 2.36. The Morgan fingerprint density at radius 1 is 0.833 bits per heavy atom. The fourth-order valence-electron chi connectivity index (χ4n) is 2.28. The number of benzene rings is 3. The zero-order chi connectivity index (χ0) is 16.8. The van der Waals surface area contributed by atoms with E-state index < -0.39 is 5.25 Å². The molecule has 4 heteroatoms. The molecule has 3 aromatic carbocycles. The molecular weight excluding hydrogens is 321 g/mol. The van der Waals surface area contributed by atoms with Crippen LogP contribution in [0, 0.1) is 5.82 Å². The van der Waals surface area contributed by atoms with Crippen LogP contribution in [0.1, 0.15) is 10.8 Å². The summed E-state index contributed by atoms with van der Waals surface area (Å²) >= 11 is 1.49. The smallest absolute Gasteiger partial charge is 0.242 e. The molecule has 3 aromatic rings. The van der Waals surface area contributed by atoms with Crippen LogP contribution in [0.25, 0.3) is 0 Å².